The Kier molecular flexibility index (Phi) is 4.05. The molecular formula is C13H24N2O2. The van der Waals surface area contributed by atoms with Crippen molar-refractivity contribution in [1.82, 2.24) is 10.6 Å². The topological polar surface area (TPSA) is 50.4 Å². The summed E-state index contributed by atoms with van der Waals surface area (Å²) in [7, 11) is 1.70. The predicted molar refractivity (Wildman–Crippen MR) is 66.8 cm³/mol. The van der Waals surface area contributed by atoms with Crippen LogP contribution in [0.1, 0.15) is 39.0 Å². The Labute approximate surface area is 103 Å². The molecule has 1 aliphatic carbocycles. The van der Waals surface area contributed by atoms with Gasteiger partial charge >= 0.3 is 0 Å². The molecule has 98 valence electrons. The van der Waals surface area contributed by atoms with Gasteiger partial charge in [-0.15, -0.1) is 0 Å². The quantitative estimate of drug-likeness (QED) is 0.755. The molecule has 1 aliphatic heterocycles. The first kappa shape index (κ1) is 12.8. The maximum Gasteiger partial charge on any atom is 0.237 e. The van der Waals surface area contributed by atoms with Crippen LogP contribution in [0.25, 0.3) is 0 Å². The highest BCUT2D eigenvalue weighted by atomic mass is 16.5. The van der Waals surface area contributed by atoms with Crippen molar-refractivity contribution in [2.24, 2.45) is 5.41 Å². The van der Waals surface area contributed by atoms with Crippen LogP contribution in [0.3, 0.4) is 0 Å². The molecule has 0 radical (unpaired) electrons. The lowest BCUT2D eigenvalue weighted by atomic mass is 9.67. The maximum atomic E-state index is 12.0. The molecule has 1 amide bonds. The van der Waals surface area contributed by atoms with Gasteiger partial charge in [-0.05, 0) is 31.1 Å². The molecule has 1 heterocycles. The minimum atomic E-state index is -0.0612. The molecule has 0 aromatic rings. The molecule has 0 aromatic heterocycles. The maximum absolute atomic E-state index is 12.0. The van der Waals surface area contributed by atoms with Gasteiger partial charge in [0.2, 0.25) is 5.91 Å². The smallest absolute Gasteiger partial charge is 0.237 e. The van der Waals surface area contributed by atoms with Crippen LogP contribution >= 0.6 is 0 Å². The second-order valence-corrected chi connectivity index (χ2v) is 5.48. The van der Waals surface area contributed by atoms with Gasteiger partial charge in [-0.2, -0.15) is 0 Å². The Morgan fingerprint density at radius 3 is 2.76 bits per heavy atom. The Hall–Kier alpha value is -0.610. The Morgan fingerprint density at radius 1 is 1.53 bits per heavy atom. The van der Waals surface area contributed by atoms with E-state index in [9.17, 15) is 4.79 Å². The van der Waals surface area contributed by atoms with Gasteiger partial charge in [0.05, 0.1) is 12.1 Å². The average molecular weight is 240 g/mol. The van der Waals surface area contributed by atoms with E-state index >= 15 is 0 Å². The summed E-state index contributed by atoms with van der Waals surface area (Å²) in [5.41, 5.74) is 0.398. The molecule has 0 aromatic carbocycles. The third kappa shape index (κ3) is 2.80. The van der Waals surface area contributed by atoms with E-state index in [-0.39, 0.29) is 18.1 Å². The van der Waals surface area contributed by atoms with Crippen molar-refractivity contribution >= 4 is 5.91 Å². The fourth-order valence-electron chi connectivity index (χ4n) is 2.81. The zero-order valence-electron chi connectivity index (χ0n) is 10.9. The van der Waals surface area contributed by atoms with Gasteiger partial charge in [0.1, 0.15) is 0 Å². The van der Waals surface area contributed by atoms with Crippen molar-refractivity contribution in [3.05, 3.63) is 0 Å². The third-order valence-corrected chi connectivity index (χ3v) is 4.54. The molecule has 0 bridgehead atoms. The summed E-state index contributed by atoms with van der Waals surface area (Å²) in [5.74, 6) is 0.143. The van der Waals surface area contributed by atoms with Crippen LogP contribution in [0.4, 0.5) is 0 Å². The number of hydrogen-bond acceptors (Lipinski definition) is 3. The van der Waals surface area contributed by atoms with Crippen molar-refractivity contribution in [2.45, 2.75) is 51.2 Å². The van der Waals surface area contributed by atoms with Crippen molar-refractivity contribution < 1.29 is 9.53 Å². The summed E-state index contributed by atoms with van der Waals surface area (Å²) in [5, 5.41) is 6.32. The Morgan fingerprint density at radius 2 is 2.29 bits per heavy atom. The van der Waals surface area contributed by atoms with Crippen LogP contribution in [-0.4, -0.2) is 38.3 Å². The number of amides is 1. The fourth-order valence-corrected chi connectivity index (χ4v) is 2.81. The van der Waals surface area contributed by atoms with Crippen molar-refractivity contribution in [3.63, 3.8) is 0 Å². The highest BCUT2D eigenvalue weighted by molar-refractivity contribution is 5.82. The van der Waals surface area contributed by atoms with E-state index in [4.69, 9.17) is 4.74 Å². The van der Waals surface area contributed by atoms with Gasteiger partial charge in [0.15, 0.2) is 0 Å². The first-order valence-electron chi connectivity index (χ1n) is 6.73. The molecule has 2 N–H and O–H groups in total. The number of carbonyl (C=O) groups excluding carboxylic acids is 1. The predicted octanol–water partition coefficient (Wildman–Crippen LogP) is 1.06. The number of rotatable bonds is 5. The van der Waals surface area contributed by atoms with E-state index in [0.29, 0.717) is 5.41 Å². The van der Waals surface area contributed by atoms with Crippen molar-refractivity contribution in [1.29, 1.82) is 0 Å². The zero-order valence-corrected chi connectivity index (χ0v) is 10.9. The Balaban J connectivity index is 1.74. The first-order valence-corrected chi connectivity index (χ1v) is 6.73. The lowest BCUT2D eigenvalue weighted by Gasteiger charge is -2.41. The average Bonchev–Trinajstić information content (AvgIpc) is 2.76. The van der Waals surface area contributed by atoms with Gasteiger partial charge in [-0.3, -0.25) is 4.79 Å². The molecule has 4 heteroatoms. The largest absolute Gasteiger partial charge is 0.380 e. The van der Waals surface area contributed by atoms with E-state index in [1.54, 1.807) is 7.11 Å². The fraction of sp³-hybridized carbons (Fsp3) is 0.923. The molecule has 2 unspecified atom stereocenters. The van der Waals surface area contributed by atoms with Crippen LogP contribution in [0.5, 0.6) is 0 Å². The summed E-state index contributed by atoms with van der Waals surface area (Å²) >= 11 is 0. The lowest BCUT2D eigenvalue weighted by Crippen LogP contribution is -2.47. The van der Waals surface area contributed by atoms with E-state index < -0.39 is 0 Å². The highest BCUT2D eigenvalue weighted by Crippen LogP contribution is 2.43. The zero-order chi connectivity index (χ0) is 12.3. The van der Waals surface area contributed by atoms with E-state index in [2.05, 4.69) is 17.6 Å². The van der Waals surface area contributed by atoms with Crippen LogP contribution in [0.2, 0.25) is 0 Å². The molecule has 0 spiro atoms. The van der Waals surface area contributed by atoms with E-state index in [1.807, 2.05) is 0 Å². The Bertz CT molecular complexity index is 271. The molecule has 2 fully saturated rings. The first-order chi connectivity index (χ1) is 8.19. The number of nitrogens with one attached hydrogen (secondary N) is 2. The third-order valence-electron chi connectivity index (χ3n) is 4.54. The molecule has 1 saturated heterocycles. The molecule has 2 rings (SSSR count). The second-order valence-electron chi connectivity index (χ2n) is 5.48. The molecule has 2 aliphatic rings. The molecule has 1 saturated carbocycles. The van der Waals surface area contributed by atoms with Crippen LogP contribution in [0, 0.1) is 5.41 Å². The van der Waals surface area contributed by atoms with Gasteiger partial charge in [0, 0.05) is 20.2 Å². The van der Waals surface area contributed by atoms with Crippen molar-refractivity contribution in [3.8, 4) is 0 Å². The lowest BCUT2D eigenvalue weighted by molar-refractivity contribution is -0.123. The number of ether oxygens (including phenoxy) is 1. The normalized spacial score (nSPS) is 30.9. The van der Waals surface area contributed by atoms with Gasteiger partial charge in [-0.1, -0.05) is 13.3 Å². The van der Waals surface area contributed by atoms with E-state index in [1.165, 1.54) is 25.7 Å². The monoisotopic (exact) mass is 240 g/mol. The summed E-state index contributed by atoms with van der Waals surface area (Å²) in [4.78, 5) is 12.0. The minimum absolute atomic E-state index is 0.0612. The van der Waals surface area contributed by atoms with Crippen molar-refractivity contribution in [2.75, 3.05) is 20.2 Å². The summed E-state index contributed by atoms with van der Waals surface area (Å²) in [6, 6.07) is -0.0612. The summed E-state index contributed by atoms with van der Waals surface area (Å²) in [6.07, 6.45) is 6.00. The molecule has 17 heavy (non-hydrogen) atoms. The summed E-state index contributed by atoms with van der Waals surface area (Å²) in [6.45, 7) is 3.85. The van der Waals surface area contributed by atoms with Crippen LogP contribution < -0.4 is 10.6 Å². The highest BCUT2D eigenvalue weighted by Gasteiger charge is 2.36. The minimum Gasteiger partial charge on any atom is -0.380 e. The summed E-state index contributed by atoms with van der Waals surface area (Å²) < 4.78 is 5.25. The molecule has 2 atom stereocenters. The van der Waals surface area contributed by atoms with Gasteiger partial charge < -0.3 is 15.4 Å². The standard InChI is InChI=1S/C13H24N2O2/c1-3-13(5-4-6-13)9-15-12(16)11-7-10(17-2)8-14-11/h10-11,14H,3-9H2,1-2H3,(H,15,16). The van der Waals surface area contributed by atoms with E-state index in [0.717, 1.165) is 19.5 Å². The molecule has 4 nitrogen and oxygen atoms in total. The SMILES string of the molecule is CCC1(CNC(=O)C2CC(OC)CN2)CCC1. The van der Waals surface area contributed by atoms with Crippen LogP contribution in [-0.2, 0) is 9.53 Å². The molecular weight excluding hydrogens is 216 g/mol. The van der Waals surface area contributed by atoms with Gasteiger partial charge in [0.25, 0.3) is 0 Å². The number of carbonyl (C=O) groups is 1. The number of methoxy groups -OCH3 is 1. The second kappa shape index (κ2) is 5.36. The van der Waals surface area contributed by atoms with Crippen LogP contribution in [0.15, 0.2) is 0 Å². The number of hydrogen-bond donors (Lipinski definition) is 2. The van der Waals surface area contributed by atoms with Gasteiger partial charge in [-0.25, -0.2) is 0 Å².